The number of fused-ring (bicyclic) bond motifs is 1. The number of benzene rings is 1. The Morgan fingerprint density at radius 3 is 2.85 bits per heavy atom. The minimum atomic E-state index is 0.654. The summed E-state index contributed by atoms with van der Waals surface area (Å²) < 4.78 is 2.09. The second-order valence-corrected chi connectivity index (χ2v) is 3.55. The van der Waals surface area contributed by atoms with E-state index in [1.165, 1.54) is 10.9 Å². The van der Waals surface area contributed by atoms with Gasteiger partial charge in [0, 0.05) is 16.7 Å². The smallest absolute Gasteiger partial charge is 0.0577 e. The molecule has 13 heavy (non-hydrogen) atoms. The van der Waals surface area contributed by atoms with Crippen molar-refractivity contribution in [1.29, 1.82) is 0 Å². The lowest BCUT2D eigenvalue weighted by molar-refractivity contribution is 0.853. The molecular weight excluding hydrogens is 182 g/mol. The Labute approximate surface area is 82.2 Å². The van der Waals surface area contributed by atoms with Crippen molar-refractivity contribution in [2.45, 2.75) is 6.54 Å². The van der Waals surface area contributed by atoms with Crippen molar-refractivity contribution in [1.82, 2.24) is 4.57 Å². The second kappa shape index (κ2) is 3.27. The van der Waals surface area contributed by atoms with Crippen molar-refractivity contribution in [3.63, 3.8) is 0 Å². The summed E-state index contributed by atoms with van der Waals surface area (Å²) in [5.74, 6) is 0. The van der Waals surface area contributed by atoms with Crippen molar-refractivity contribution in [3.8, 4) is 0 Å². The minimum Gasteiger partial charge on any atom is -0.342 e. The number of rotatable bonds is 2. The molecule has 0 radical (unpaired) electrons. The average Bonchev–Trinajstić information content (AvgIpc) is 2.48. The number of nitrogens with zero attached hydrogens (tertiary/aromatic N) is 1. The van der Waals surface area contributed by atoms with E-state index < -0.39 is 0 Å². The number of halogens is 1. The Morgan fingerprint density at radius 1 is 1.31 bits per heavy atom. The summed E-state index contributed by atoms with van der Waals surface area (Å²) in [4.78, 5) is 0. The molecule has 0 N–H and O–H groups in total. The predicted octanol–water partition coefficient (Wildman–Crippen LogP) is 3.39. The second-order valence-electron chi connectivity index (χ2n) is 3.02. The van der Waals surface area contributed by atoms with Gasteiger partial charge in [-0.05, 0) is 17.5 Å². The standard InChI is InChI=1S/C11H10ClN/c1-9(12)8-13-7-6-10-4-2-3-5-11(10)13/h2-7H,1,8H2. The first kappa shape index (κ1) is 8.39. The number of allylic oxidation sites excluding steroid dienone is 1. The highest BCUT2D eigenvalue weighted by molar-refractivity contribution is 6.29. The van der Waals surface area contributed by atoms with Crippen molar-refractivity contribution in [2.75, 3.05) is 0 Å². The number of para-hydroxylation sites is 1. The van der Waals surface area contributed by atoms with E-state index in [-0.39, 0.29) is 0 Å². The highest BCUT2D eigenvalue weighted by Crippen LogP contribution is 2.16. The summed E-state index contributed by atoms with van der Waals surface area (Å²) in [5, 5.41) is 1.89. The van der Waals surface area contributed by atoms with E-state index in [9.17, 15) is 0 Å². The summed E-state index contributed by atoms with van der Waals surface area (Å²) in [5.41, 5.74) is 1.20. The van der Waals surface area contributed by atoms with Crippen molar-refractivity contribution < 1.29 is 0 Å². The molecule has 0 saturated carbocycles. The fourth-order valence-electron chi connectivity index (χ4n) is 1.46. The molecule has 1 heterocycles. The van der Waals surface area contributed by atoms with Gasteiger partial charge in [-0.2, -0.15) is 0 Å². The maximum atomic E-state index is 5.75. The minimum absolute atomic E-state index is 0.654. The molecule has 0 aliphatic heterocycles. The van der Waals surface area contributed by atoms with Crippen LogP contribution in [0, 0.1) is 0 Å². The molecule has 1 aromatic heterocycles. The third kappa shape index (κ3) is 1.61. The molecule has 1 nitrogen and oxygen atoms in total. The zero-order chi connectivity index (χ0) is 9.26. The summed E-state index contributed by atoms with van der Waals surface area (Å²) in [6, 6.07) is 10.3. The van der Waals surface area contributed by atoms with Crippen LogP contribution in [-0.4, -0.2) is 4.57 Å². The van der Waals surface area contributed by atoms with Gasteiger partial charge in [0.1, 0.15) is 0 Å². The summed E-state index contributed by atoms with van der Waals surface area (Å²) in [6.45, 7) is 4.36. The van der Waals surface area contributed by atoms with Crippen molar-refractivity contribution in [3.05, 3.63) is 48.1 Å². The molecule has 0 bridgehead atoms. The first-order valence-corrected chi connectivity index (χ1v) is 4.52. The van der Waals surface area contributed by atoms with Gasteiger partial charge >= 0.3 is 0 Å². The third-order valence-corrected chi connectivity index (χ3v) is 2.14. The number of hydrogen-bond acceptors (Lipinski definition) is 0. The Kier molecular flexibility index (Phi) is 2.11. The van der Waals surface area contributed by atoms with Crippen LogP contribution in [0.5, 0.6) is 0 Å². The first-order chi connectivity index (χ1) is 6.27. The van der Waals surface area contributed by atoms with Gasteiger partial charge < -0.3 is 4.57 Å². The van der Waals surface area contributed by atoms with E-state index in [1.807, 2.05) is 18.3 Å². The fraction of sp³-hybridized carbons (Fsp3) is 0.0909. The zero-order valence-electron chi connectivity index (χ0n) is 7.20. The molecular formula is C11H10ClN. The quantitative estimate of drug-likeness (QED) is 0.686. The summed E-state index contributed by atoms with van der Waals surface area (Å²) in [7, 11) is 0. The van der Waals surface area contributed by atoms with Gasteiger partial charge in [-0.15, -0.1) is 0 Å². The molecule has 0 saturated heterocycles. The first-order valence-electron chi connectivity index (χ1n) is 4.14. The zero-order valence-corrected chi connectivity index (χ0v) is 7.96. The lowest BCUT2D eigenvalue weighted by Gasteiger charge is -2.02. The van der Waals surface area contributed by atoms with Gasteiger partial charge in [-0.1, -0.05) is 36.4 Å². The highest BCUT2D eigenvalue weighted by atomic mass is 35.5. The molecule has 0 unspecified atom stereocenters. The van der Waals surface area contributed by atoms with Crippen LogP contribution in [0.2, 0.25) is 0 Å². The maximum Gasteiger partial charge on any atom is 0.0577 e. The van der Waals surface area contributed by atoms with E-state index in [2.05, 4.69) is 29.3 Å². The molecule has 1 aromatic carbocycles. The lowest BCUT2D eigenvalue weighted by atomic mass is 10.2. The molecule has 2 heteroatoms. The SMILES string of the molecule is C=C(Cl)Cn1ccc2ccccc21. The normalized spacial score (nSPS) is 10.5. The molecule has 66 valence electrons. The van der Waals surface area contributed by atoms with Crippen LogP contribution >= 0.6 is 11.6 Å². The Morgan fingerprint density at radius 2 is 2.08 bits per heavy atom. The highest BCUT2D eigenvalue weighted by Gasteiger charge is 1.99. The van der Waals surface area contributed by atoms with Gasteiger partial charge in [-0.25, -0.2) is 0 Å². The Hall–Kier alpha value is -1.21. The van der Waals surface area contributed by atoms with Crippen LogP contribution in [0.15, 0.2) is 48.1 Å². The topological polar surface area (TPSA) is 4.93 Å². The van der Waals surface area contributed by atoms with Crippen LogP contribution < -0.4 is 0 Å². The van der Waals surface area contributed by atoms with Crippen molar-refractivity contribution in [2.24, 2.45) is 0 Å². The van der Waals surface area contributed by atoms with Crippen LogP contribution in [0.25, 0.3) is 10.9 Å². The van der Waals surface area contributed by atoms with E-state index in [0.29, 0.717) is 11.6 Å². The summed E-state index contributed by atoms with van der Waals surface area (Å²) >= 11 is 5.75. The van der Waals surface area contributed by atoms with Crippen LogP contribution in [-0.2, 0) is 6.54 Å². The summed E-state index contributed by atoms with van der Waals surface area (Å²) in [6.07, 6.45) is 2.03. The van der Waals surface area contributed by atoms with Gasteiger partial charge in [-0.3, -0.25) is 0 Å². The van der Waals surface area contributed by atoms with Crippen LogP contribution in [0.1, 0.15) is 0 Å². The third-order valence-electron chi connectivity index (χ3n) is 2.02. The number of aromatic nitrogens is 1. The Bertz CT molecular complexity index is 442. The molecule has 0 aliphatic rings. The molecule has 0 spiro atoms. The van der Waals surface area contributed by atoms with E-state index in [1.54, 1.807) is 0 Å². The maximum absolute atomic E-state index is 5.75. The van der Waals surface area contributed by atoms with E-state index in [0.717, 1.165) is 0 Å². The fourth-order valence-corrected chi connectivity index (χ4v) is 1.59. The number of hydrogen-bond donors (Lipinski definition) is 0. The average molecular weight is 192 g/mol. The monoisotopic (exact) mass is 191 g/mol. The lowest BCUT2D eigenvalue weighted by Crippen LogP contribution is -1.94. The van der Waals surface area contributed by atoms with E-state index in [4.69, 9.17) is 11.6 Å². The largest absolute Gasteiger partial charge is 0.342 e. The molecule has 0 amide bonds. The Balaban J connectivity index is 2.51. The van der Waals surface area contributed by atoms with Gasteiger partial charge in [0.25, 0.3) is 0 Å². The van der Waals surface area contributed by atoms with Gasteiger partial charge in [0.2, 0.25) is 0 Å². The van der Waals surface area contributed by atoms with Crippen LogP contribution in [0.3, 0.4) is 0 Å². The predicted molar refractivity (Wildman–Crippen MR) is 56.9 cm³/mol. The van der Waals surface area contributed by atoms with Crippen molar-refractivity contribution >= 4 is 22.5 Å². The molecule has 0 fully saturated rings. The van der Waals surface area contributed by atoms with Gasteiger partial charge in [0.05, 0.1) is 6.54 Å². The van der Waals surface area contributed by atoms with Crippen LogP contribution in [0.4, 0.5) is 0 Å². The van der Waals surface area contributed by atoms with Gasteiger partial charge in [0.15, 0.2) is 0 Å². The molecule has 0 aliphatic carbocycles. The molecule has 2 aromatic rings. The molecule has 0 atom stereocenters. The molecule has 2 rings (SSSR count). The van der Waals surface area contributed by atoms with E-state index >= 15 is 0 Å².